The van der Waals surface area contributed by atoms with Crippen molar-refractivity contribution >= 4 is 23.6 Å². The van der Waals surface area contributed by atoms with Crippen LogP contribution in [-0.2, 0) is 29.0 Å². The number of carbonyl (C=O) groups excluding carboxylic acids is 1. The Morgan fingerprint density at radius 2 is 1.69 bits per heavy atom. The monoisotopic (exact) mass is 429 g/mol. The van der Waals surface area contributed by atoms with Crippen molar-refractivity contribution in [2.75, 3.05) is 11.9 Å². The number of benzene rings is 3. The number of carboxylic acid groups (broad SMARTS) is 1. The molecule has 0 atom stereocenters. The lowest BCUT2D eigenvalue weighted by atomic mass is 10.0. The van der Waals surface area contributed by atoms with Crippen molar-refractivity contribution in [2.45, 2.75) is 26.4 Å². The van der Waals surface area contributed by atoms with Gasteiger partial charge in [-0.15, -0.1) is 0 Å². The van der Waals surface area contributed by atoms with Gasteiger partial charge in [0.2, 0.25) is 5.91 Å². The van der Waals surface area contributed by atoms with E-state index in [0.717, 1.165) is 34.9 Å². The number of rotatable bonds is 9. The summed E-state index contributed by atoms with van der Waals surface area (Å²) in [6, 6.07) is 23.0. The first kappa shape index (κ1) is 22.8. The Morgan fingerprint density at radius 1 is 0.969 bits per heavy atom. The van der Waals surface area contributed by atoms with E-state index in [1.807, 2.05) is 60.7 Å². The van der Waals surface area contributed by atoms with Crippen LogP contribution in [0.5, 0.6) is 5.75 Å². The van der Waals surface area contributed by atoms with E-state index in [0.29, 0.717) is 17.9 Å². The van der Waals surface area contributed by atoms with Crippen molar-refractivity contribution in [1.82, 2.24) is 0 Å². The molecule has 0 heterocycles. The number of para-hydroxylation sites is 1. The van der Waals surface area contributed by atoms with Crippen LogP contribution in [0.25, 0.3) is 6.08 Å². The van der Waals surface area contributed by atoms with E-state index in [2.05, 4.69) is 6.92 Å². The molecule has 0 aliphatic rings. The third-order valence-electron chi connectivity index (χ3n) is 5.18. The van der Waals surface area contributed by atoms with E-state index in [1.54, 1.807) is 24.1 Å². The molecule has 0 saturated heterocycles. The highest BCUT2D eigenvalue weighted by atomic mass is 16.5. The van der Waals surface area contributed by atoms with Crippen LogP contribution in [0.3, 0.4) is 0 Å². The number of aliphatic carboxylic acids is 1. The number of carbonyl (C=O) groups is 2. The molecule has 0 unspecified atom stereocenters. The van der Waals surface area contributed by atoms with Crippen LogP contribution in [0.1, 0.15) is 29.2 Å². The normalized spacial score (nSPS) is 10.8. The molecule has 1 amide bonds. The van der Waals surface area contributed by atoms with Gasteiger partial charge >= 0.3 is 5.97 Å². The summed E-state index contributed by atoms with van der Waals surface area (Å²) >= 11 is 0. The summed E-state index contributed by atoms with van der Waals surface area (Å²) in [7, 11) is 1.78. The summed E-state index contributed by atoms with van der Waals surface area (Å²) in [5.74, 6) is -0.527. The van der Waals surface area contributed by atoms with Gasteiger partial charge in [0.1, 0.15) is 12.4 Å². The topological polar surface area (TPSA) is 66.8 Å². The summed E-state index contributed by atoms with van der Waals surface area (Å²) in [4.78, 5) is 25.7. The smallest absolute Gasteiger partial charge is 0.328 e. The van der Waals surface area contributed by atoms with Gasteiger partial charge in [0.05, 0.1) is 6.42 Å². The molecule has 5 heteroatoms. The molecule has 3 aromatic carbocycles. The van der Waals surface area contributed by atoms with E-state index >= 15 is 0 Å². The largest absolute Gasteiger partial charge is 0.488 e. The Kier molecular flexibility index (Phi) is 7.81. The molecule has 32 heavy (non-hydrogen) atoms. The second-order valence-corrected chi connectivity index (χ2v) is 7.43. The van der Waals surface area contributed by atoms with Gasteiger partial charge in [-0.3, -0.25) is 4.79 Å². The van der Waals surface area contributed by atoms with Gasteiger partial charge in [-0.05, 0) is 47.4 Å². The summed E-state index contributed by atoms with van der Waals surface area (Å²) in [6.45, 7) is 2.43. The molecule has 0 radical (unpaired) electrons. The van der Waals surface area contributed by atoms with Gasteiger partial charge in [-0.1, -0.05) is 61.5 Å². The lowest BCUT2D eigenvalue weighted by molar-refractivity contribution is -0.131. The molecule has 3 rings (SSSR count). The van der Waals surface area contributed by atoms with Gasteiger partial charge in [0.15, 0.2) is 0 Å². The van der Waals surface area contributed by atoms with Crippen molar-refractivity contribution in [3.05, 3.63) is 101 Å². The molecule has 0 saturated carbocycles. The van der Waals surface area contributed by atoms with Crippen molar-refractivity contribution < 1.29 is 19.4 Å². The average Bonchev–Trinajstić information content (AvgIpc) is 2.82. The van der Waals surface area contributed by atoms with Gasteiger partial charge in [0.25, 0.3) is 0 Å². The van der Waals surface area contributed by atoms with Crippen LogP contribution in [0, 0.1) is 0 Å². The molecule has 164 valence electrons. The number of likely N-dealkylation sites (N-methyl/N-ethyl adjacent to an activating group) is 1. The third kappa shape index (κ3) is 6.08. The molecule has 1 N–H and O–H groups in total. The number of ether oxygens (including phenoxy) is 1. The first-order valence-electron chi connectivity index (χ1n) is 10.5. The first-order chi connectivity index (χ1) is 15.5. The maximum Gasteiger partial charge on any atom is 0.328 e. The number of hydrogen-bond acceptors (Lipinski definition) is 3. The molecule has 0 aliphatic carbocycles. The lowest BCUT2D eigenvalue weighted by Gasteiger charge is -2.20. The zero-order chi connectivity index (χ0) is 22.9. The second kappa shape index (κ2) is 11.0. The second-order valence-electron chi connectivity index (χ2n) is 7.43. The molecule has 0 bridgehead atoms. The van der Waals surface area contributed by atoms with Crippen LogP contribution in [0.2, 0.25) is 0 Å². The van der Waals surface area contributed by atoms with E-state index in [-0.39, 0.29) is 12.3 Å². The van der Waals surface area contributed by atoms with Gasteiger partial charge in [-0.25, -0.2) is 4.79 Å². The van der Waals surface area contributed by atoms with Crippen molar-refractivity contribution in [3.8, 4) is 5.75 Å². The fourth-order valence-corrected chi connectivity index (χ4v) is 3.43. The van der Waals surface area contributed by atoms with Crippen LogP contribution < -0.4 is 9.64 Å². The minimum Gasteiger partial charge on any atom is -0.488 e. The Morgan fingerprint density at radius 3 is 2.41 bits per heavy atom. The number of carboxylic acids is 1. The van der Waals surface area contributed by atoms with Gasteiger partial charge in [0, 0.05) is 24.4 Å². The average molecular weight is 430 g/mol. The predicted octanol–water partition coefficient (Wildman–Crippen LogP) is 5.13. The standard InChI is InChI=1S/C27H27NO4/c1-3-22-11-7-8-12-24(22)28(2)26(29)18-21-13-15-25(23(17-21)14-16-27(30)31)32-19-20-9-5-4-6-10-20/h4-17H,3,18-19H2,1-2H3,(H,30,31). The highest BCUT2D eigenvalue weighted by Gasteiger charge is 2.15. The quantitative estimate of drug-likeness (QED) is 0.479. The molecule has 5 nitrogen and oxygen atoms in total. The van der Waals surface area contributed by atoms with Crippen LogP contribution in [-0.4, -0.2) is 24.0 Å². The van der Waals surface area contributed by atoms with Crippen molar-refractivity contribution in [2.24, 2.45) is 0 Å². The van der Waals surface area contributed by atoms with Crippen LogP contribution in [0.15, 0.2) is 78.9 Å². The Balaban J connectivity index is 1.79. The van der Waals surface area contributed by atoms with E-state index in [4.69, 9.17) is 9.84 Å². The minimum atomic E-state index is -1.05. The maximum absolute atomic E-state index is 12.9. The van der Waals surface area contributed by atoms with Crippen molar-refractivity contribution in [3.63, 3.8) is 0 Å². The zero-order valence-corrected chi connectivity index (χ0v) is 18.3. The first-order valence-corrected chi connectivity index (χ1v) is 10.5. The highest BCUT2D eigenvalue weighted by molar-refractivity contribution is 5.95. The molecule has 0 fully saturated rings. The Hall–Kier alpha value is -3.86. The molecule has 0 spiro atoms. The molecular weight excluding hydrogens is 402 g/mol. The molecule has 0 aromatic heterocycles. The van der Waals surface area contributed by atoms with Crippen LogP contribution in [0.4, 0.5) is 5.69 Å². The van der Waals surface area contributed by atoms with Crippen molar-refractivity contribution in [1.29, 1.82) is 0 Å². The summed E-state index contributed by atoms with van der Waals surface area (Å²) < 4.78 is 5.92. The van der Waals surface area contributed by atoms with Gasteiger partial charge < -0.3 is 14.7 Å². The number of aryl methyl sites for hydroxylation is 1. The van der Waals surface area contributed by atoms with E-state index in [1.165, 1.54) is 6.08 Å². The maximum atomic E-state index is 12.9. The Bertz CT molecular complexity index is 1110. The lowest BCUT2D eigenvalue weighted by Crippen LogP contribution is -2.28. The van der Waals surface area contributed by atoms with Crippen LogP contribution >= 0.6 is 0 Å². The predicted molar refractivity (Wildman–Crippen MR) is 127 cm³/mol. The molecular formula is C27H27NO4. The summed E-state index contributed by atoms with van der Waals surface area (Å²) in [5, 5.41) is 9.05. The van der Waals surface area contributed by atoms with E-state index in [9.17, 15) is 9.59 Å². The molecule has 0 aliphatic heterocycles. The highest BCUT2D eigenvalue weighted by Crippen LogP contribution is 2.25. The number of nitrogens with zero attached hydrogens (tertiary/aromatic N) is 1. The fraction of sp³-hybridized carbons (Fsp3) is 0.185. The minimum absolute atomic E-state index is 0.0444. The molecule has 3 aromatic rings. The number of amides is 1. The summed E-state index contributed by atoms with van der Waals surface area (Å²) in [6.07, 6.45) is 3.60. The SMILES string of the molecule is CCc1ccccc1N(C)C(=O)Cc1ccc(OCc2ccccc2)c(C=CC(=O)O)c1. The van der Waals surface area contributed by atoms with E-state index < -0.39 is 5.97 Å². The van der Waals surface area contributed by atoms with Gasteiger partial charge in [-0.2, -0.15) is 0 Å². The number of anilines is 1. The zero-order valence-electron chi connectivity index (χ0n) is 18.3. The Labute approximate surface area is 188 Å². The fourth-order valence-electron chi connectivity index (χ4n) is 3.43. The third-order valence-corrected chi connectivity index (χ3v) is 5.18. The number of hydrogen-bond donors (Lipinski definition) is 1. The summed E-state index contributed by atoms with van der Waals surface area (Å²) in [5.41, 5.74) is 4.42.